The van der Waals surface area contributed by atoms with Gasteiger partial charge in [0.15, 0.2) is 12.4 Å². The van der Waals surface area contributed by atoms with E-state index in [1.807, 2.05) is 42.5 Å². The Kier molecular flexibility index (Phi) is 6.95. The predicted molar refractivity (Wildman–Crippen MR) is 151 cm³/mol. The Morgan fingerprint density at radius 3 is 2.41 bits per heavy atom. The number of fused-ring (bicyclic) bond motifs is 3. The lowest BCUT2D eigenvalue weighted by Gasteiger charge is -2.45. The molecule has 212 valence electrons. The number of nitrogens with zero attached hydrogens (tertiary/aromatic N) is 3. The van der Waals surface area contributed by atoms with Crippen molar-refractivity contribution in [2.45, 2.75) is 51.1 Å². The second-order valence-electron chi connectivity index (χ2n) is 10.9. The summed E-state index contributed by atoms with van der Waals surface area (Å²) < 4.78 is 59.8. The SMILES string of the molecule is COCOc1cc(C(F)(F)F)cc(C)c1-c1cc2c3ccccc3n(C3CC(C)(OCc4ccccc4)C3)c2nn1. The van der Waals surface area contributed by atoms with Crippen molar-refractivity contribution >= 4 is 21.9 Å². The summed E-state index contributed by atoms with van der Waals surface area (Å²) >= 11 is 0. The van der Waals surface area contributed by atoms with Crippen LogP contribution in [0.15, 0.2) is 72.8 Å². The molecule has 0 saturated heterocycles. The number of halogens is 3. The molecule has 0 atom stereocenters. The molecule has 9 heteroatoms. The summed E-state index contributed by atoms with van der Waals surface area (Å²) in [5.41, 5.74) is 3.12. The van der Waals surface area contributed by atoms with Crippen LogP contribution in [0.1, 0.15) is 42.5 Å². The van der Waals surface area contributed by atoms with Gasteiger partial charge in [0.25, 0.3) is 0 Å². The minimum atomic E-state index is -4.51. The van der Waals surface area contributed by atoms with Gasteiger partial charge < -0.3 is 18.8 Å². The van der Waals surface area contributed by atoms with E-state index >= 15 is 0 Å². The van der Waals surface area contributed by atoms with Gasteiger partial charge >= 0.3 is 6.18 Å². The molecule has 5 aromatic rings. The van der Waals surface area contributed by atoms with Crippen LogP contribution in [0, 0.1) is 6.92 Å². The minimum absolute atomic E-state index is 0.0434. The zero-order valence-electron chi connectivity index (χ0n) is 23.0. The summed E-state index contributed by atoms with van der Waals surface area (Å²) in [6, 6.07) is 22.3. The maximum absolute atomic E-state index is 13.6. The second-order valence-corrected chi connectivity index (χ2v) is 10.9. The van der Waals surface area contributed by atoms with E-state index < -0.39 is 11.7 Å². The zero-order chi connectivity index (χ0) is 28.8. The van der Waals surface area contributed by atoms with Crippen LogP contribution in [0.4, 0.5) is 13.2 Å². The van der Waals surface area contributed by atoms with E-state index in [9.17, 15) is 13.2 Å². The zero-order valence-corrected chi connectivity index (χ0v) is 23.0. The Morgan fingerprint density at radius 2 is 1.68 bits per heavy atom. The number of alkyl halides is 3. The Labute approximate surface area is 235 Å². The fourth-order valence-electron chi connectivity index (χ4n) is 5.83. The van der Waals surface area contributed by atoms with E-state index in [0.29, 0.717) is 23.4 Å². The number of ether oxygens (including phenoxy) is 3. The Hall–Kier alpha value is -3.95. The fraction of sp³-hybridized carbons (Fsp3) is 0.312. The van der Waals surface area contributed by atoms with Crippen LogP contribution < -0.4 is 4.74 Å². The molecule has 1 fully saturated rings. The van der Waals surface area contributed by atoms with Crippen LogP contribution >= 0.6 is 0 Å². The van der Waals surface area contributed by atoms with Gasteiger partial charge in [0.1, 0.15) is 5.75 Å². The van der Waals surface area contributed by atoms with Gasteiger partial charge in [-0.2, -0.15) is 13.2 Å². The van der Waals surface area contributed by atoms with Crippen molar-refractivity contribution in [1.29, 1.82) is 0 Å². The summed E-state index contributed by atoms with van der Waals surface area (Å²) in [5, 5.41) is 11.0. The first-order valence-electron chi connectivity index (χ1n) is 13.4. The number of methoxy groups -OCH3 is 1. The van der Waals surface area contributed by atoms with Crippen molar-refractivity contribution in [3.8, 4) is 17.0 Å². The third-order valence-electron chi connectivity index (χ3n) is 7.80. The number of hydrogen-bond acceptors (Lipinski definition) is 5. The van der Waals surface area contributed by atoms with Gasteiger partial charge in [-0.15, -0.1) is 10.2 Å². The average molecular weight is 562 g/mol. The second kappa shape index (κ2) is 10.5. The summed E-state index contributed by atoms with van der Waals surface area (Å²) in [7, 11) is 1.42. The molecule has 6 nitrogen and oxygen atoms in total. The molecule has 0 amide bonds. The van der Waals surface area contributed by atoms with Crippen molar-refractivity contribution in [2.75, 3.05) is 13.9 Å². The fourth-order valence-corrected chi connectivity index (χ4v) is 5.83. The minimum Gasteiger partial charge on any atom is -0.467 e. The van der Waals surface area contributed by atoms with Crippen LogP contribution in [0.5, 0.6) is 5.75 Å². The summed E-state index contributed by atoms with van der Waals surface area (Å²) in [6.45, 7) is 4.11. The van der Waals surface area contributed by atoms with Gasteiger partial charge in [-0.25, -0.2) is 0 Å². The molecular formula is C32H30F3N3O3. The van der Waals surface area contributed by atoms with Crippen LogP contribution in [0.2, 0.25) is 0 Å². The van der Waals surface area contributed by atoms with Crippen molar-refractivity contribution < 1.29 is 27.4 Å². The molecule has 1 aliphatic carbocycles. The van der Waals surface area contributed by atoms with Gasteiger partial charge in [0.2, 0.25) is 0 Å². The standard InChI is InChI=1S/C32H30F3N3O3/c1-20-13-22(32(33,34)35)14-28(40-19-39-3)29(20)26-15-25-24-11-7-8-12-27(24)38(30(25)37-36-26)23-16-31(2,17-23)41-18-21-9-5-4-6-10-21/h4-15,23H,16-19H2,1-3H3. The number of hydrogen-bond donors (Lipinski definition) is 0. The van der Waals surface area contributed by atoms with Crippen molar-refractivity contribution in [3.63, 3.8) is 0 Å². The summed E-state index contributed by atoms with van der Waals surface area (Å²) in [5.74, 6) is 0.0434. The molecule has 0 bridgehead atoms. The largest absolute Gasteiger partial charge is 0.467 e. The van der Waals surface area contributed by atoms with Crippen LogP contribution in [0.3, 0.4) is 0 Å². The number of rotatable bonds is 8. The lowest BCUT2D eigenvalue weighted by Crippen LogP contribution is -2.44. The highest BCUT2D eigenvalue weighted by atomic mass is 19.4. The Morgan fingerprint density at radius 1 is 0.951 bits per heavy atom. The third-order valence-corrected chi connectivity index (χ3v) is 7.80. The maximum Gasteiger partial charge on any atom is 0.416 e. The number of benzene rings is 3. The van der Waals surface area contributed by atoms with E-state index in [0.717, 1.165) is 52.5 Å². The van der Waals surface area contributed by atoms with Gasteiger partial charge in [0.05, 0.1) is 29.0 Å². The van der Waals surface area contributed by atoms with Crippen molar-refractivity contribution in [3.05, 3.63) is 89.5 Å². The normalized spacial score (nSPS) is 19.0. The molecular weight excluding hydrogens is 531 g/mol. The highest BCUT2D eigenvalue weighted by Crippen LogP contribution is 2.48. The van der Waals surface area contributed by atoms with Crippen LogP contribution in [0.25, 0.3) is 33.2 Å². The number of para-hydroxylation sites is 1. The lowest BCUT2D eigenvalue weighted by atomic mass is 9.76. The molecule has 0 aliphatic heterocycles. The Bertz CT molecular complexity index is 1710. The van der Waals surface area contributed by atoms with Gasteiger partial charge in [-0.1, -0.05) is 48.5 Å². The third kappa shape index (κ3) is 5.15. The highest BCUT2D eigenvalue weighted by molar-refractivity contribution is 6.07. The summed E-state index contributed by atoms with van der Waals surface area (Å²) in [4.78, 5) is 0. The molecule has 0 N–H and O–H groups in total. The molecule has 0 radical (unpaired) electrons. The van der Waals surface area contributed by atoms with Gasteiger partial charge in [-0.05, 0) is 62.1 Å². The maximum atomic E-state index is 13.6. The first kappa shape index (κ1) is 27.2. The van der Waals surface area contributed by atoms with E-state index in [2.05, 4.69) is 39.9 Å². The molecule has 2 heterocycles. The van der Waals surface area contributed by atoms with Crippen LogP contribution in [-0.4, -0.2) is 34.3 Å². The van der Waals surface area contributed by atoms with E-state index in [1.165, 1.54) is 7.11 Å². The van der Waals surface area contributed by atoms with E-state index in [-0.39, 0.29) is 24.2 Å². The van der Waals surface area contributed by atoms with Crippen LogP contribution in [-0.2, 0) is 22.3 Å². The molecule has 1 saturated carbocycles. The average Bonchev–Trinajstić information content (AvgIpc) is 3.26. The molecule has 41 heavy (non-hydrogen) atoms. The molecule has 1 aliphatic rings. The smallest absolute Gasteiger partial charge is 0.416 e. The lowest BCUT2D eigenvalue weighted by molar-refractivity contribution is -0.137. The highest BCUT2D eigenvalue weighted by Gasteiger charge is 2.43. The van der Waals surface area contributed by atoms with Gasteiger partial charge in [-0.3, -0.25) is 0 Å². The summed E-state index contributed by atoms with van der Waals surface area (Å²) in [6.07, 6.45) is -2.87. The quantitative estimate of drug-likeness (QED) is 0.181. The molecule has 2 aromatic heterocycles. The van der Waals surface area contributed by atoms with Crippen molar-refractivity contribution in [2.24, 2.45) is 0 Å². The predicted octanol–water partition coefficient (Wildman–Crippen LogP) is 7.87. The Balaban J connectivity index is 1.37. The number of aryl methyl sites for hydroxylation is 1. The van der Waals surface area contributed by atoms with E-state index in [1.54, 1.807) is 6.92 Å². The molecule has 0 unspecified atom stereocenters. The van der Waals surface area contributed by atoms with E-state index in [4.69, 9.17) is 14.2 Å². The monoisotopic (exact) mass is 561 g/mol. The topological polar surface area (TPSA) is 58.4 Å². The first-order chi connectivity index (χ1) is 19.7. The molecule has 3 aromatic carbocycles. The van der Waals surface area contributed by atoms with Crippen molar-refractivity contribution in [1.82, 2.24) is 14.8 Å². The number of aromatic nitrogens is 3. The first-order valence-corrected chi connectivity index (χ1v) is 13.4. The molecule has 0 spiro atoms. The molecule has 6 rings (SSSR count). The van der Waals surface area contributed by atoms with Gasteiger partial charge in [0, 0.05) is 29.5 Å².